The highest BCUT2D eigenvalue weighted by atomic mass is 32.1. The first-order chi connectivity index (χ1) is 8.29. The topological polar surface area (TPSA) is 30.3 Å². The van der Waals surface area contributed by atoms with Crippen molar-refractivity contribution in [3.05, 3.63) is 21.9 Å². The van der Waals surface area contributed by atoms with Crippen LogP contribution < -0.4 is 0 Å². The zero-order chi connectivity index (χ0) is 12.1. The average molecular weight is 249 g/mol. The highest BCUT2D eigenvalue weighted by Gasteiger charge is 2.17. The molecule has 1 fully saturated rings. The van der Waals surface area contributed by atoms with E-state index in [4.69, 9.17) is 5.26 Å². The summed E-state index contributed by atoms with van der Waals surface area (Å²) in [5.41, 5.74) is 1.42. The summed E-state index contributed by atoms with van der Waals surface area (Å²) in [4.78, 5) is 6.40. The monoisotopic (exact) mass is 249 g/mol. The van der Waals surface area contributed by atoms with Gasteiger partial charge in [0.15, 0.2) is 0 Å². The molecule has 1 aromatic rings. The molecule has 0 unspecified atom stereocenters. The number of hydrogen-bond acceptors (Lipinski definition) is 4. The van der Waals surface area contributed by atoms with E-state index in [9.17, 15) is 0 Å². The lowest BCUT2D eigenvalue weighted by Crippen LogP contribution is -2.45. The zero-order valence-corrected chi connectivity index (χ0v) is 11.2. The fourth-order valence-electron chi connectivity index (χ4n) is 2.15. The summed E-state index contributed by atoms with van der Waals surface area (Å²) in [6.07, 6.45) is 0.657. The van der Waals surface area contributed by atoms with E-state index >= 15 is 0 Å². The highest BCUT2D eigenvalue weighted by Crippen LogP contribution is 2.18. The number of hydrogen-bond donors (Lipinski definition) is 0. The van der Waals surface area contributed by atoms with Crippen LogP contribution in [0.25, 0.3) is 0 Å². The molecule has 3 nitrogen and oxygen atoms in total. The van der Waals surface area contributed by atoms with Gasteiger partial charge in [0.1, 0.15) is 0 Å². The van der Waals surface area contributed by atoms with Crippen LogP contribution in [0.5, 0.6) is 0 Å². The Bertz CT molecular complexity index is 386. The van der Waals surface area contributed by atoms with Crippen molar-refractivity contribution in [2.24, 2.45) is 0 Å². The molecule has 0 radical (unpaired) electrons. The predicted octanol–water partition coefficient (Wildman–Crippen LogP) is 2.09. The van der Waals surface area contributed by atoms with E-state index in [1.807, 2.05) is 11.3 Å². The van der Waals surface area contributed by atoms with Gasteiger partial charge >= 0.3 is 0 Å². The molecule has 17 heavy (non-hydrogen) atoms. The van der Waals surface area contributed by atoms with Crippen LogP contribution in [0.1, 0.15) is 16.9 Å². The molecular weight excluding hydrogens is 230 g/mol. The van der Waals surface area contributed by atoms with Crippen LogP contribution in [0.2, 0.25) is 0 Å². The normalized spacial score (nSPS) is 18.1. The number of aryl methyl sites for hydroxylation is 1. The fourth-order valence-corrected chi connectivity index (χ4v) is 3.10. The highest BCUT2D eigenvalue weighted by molar-refractivity contribution is 7.10. The first-order valence-corrected chi connectivity index (χ1v) is 7.02. The van der Waals surface area contributed by atoms with Crippen molar-refractivity contribution < 1.29 is 0 Å². The molecule has 1 aromatic heterocycles. The third-order valence-electron chi connectivity index (χ3n) is 3.34. The molecule has 0 saturated carbocycles. The van der Waals surface area contributed by atoms with Crippen LogP contribution in [0.4, 0.5) is 0 Å². The quantitative estimate of drug-likeness (QED) is 0.818. The molecule has 0 aliphatic carbocycles. The Morgan fingerprint density at radius 2 is 2.00 bits per heavy atom. The zero-order valence-electron chi connectivity index (χ0n) is 10.4. The Labute approximate surface area is 107 Å². The molecule has 0 spiro atoms. The van der Waals surface area contributed by atoms with Crippen molar-refractivity contribution in [3.63, 3.8) is 0 Å². The standard InChI is InChI=1S/C13H19N3S/c1-12-3-10-17-13(12)11-16-8-6-15(7-9-16)5-2-4-14/h3,10H,2,5-9,11H2,1H3. The molecule has 92 valence electrons. The van der Waals surface area contributed by atoms with Gasteiger partial charge in [-0.25, -0.2) is 0 Å². The summed E-state index contributed by atoms with van der Waals surface area (Å²) in [5.74, 6) is 0. The van der Waals surface area contributed by atoms with Crippen molar-refractivity contribution in [3.8, 4) is 6.07 Å². The second-order valence-corrected chi connectivity index (χ2v) is 5.55. The van der Waals surface area contributed by atoms with Gasteiger partial charge in [0.05, 0.1) is 6.07 Å². The molecule has 1 aliphatic rings. The number of thiophene rings is 1. The van der Waals surface area contributed by atoms with Gasteiger partial charge < -0.3 is 0 Å². The smallest absolute Gasteiger partial charge is 0.0635 e. The summed E-state index contributed by atoms with van der Waals surface area (Å²) in [6, 6.07) is 4.41. The van der Waals surface area contributed by atoms with Crippen LogP contribution in [0.15, 0.2) is 11.4 Å². The Morgan fingerprint density at radius 3 is 2.59 bits per heavy atom. The van der Waals surface area contributed by atoms with Crippen molar-refractivity contribution in [1.82, 2.24) is 9.80 Å². The minimum absolute atomic E-state index is 0.657. The Hall–Kier alpha value is -0.890. The Balaban J connectivity index is 1.76. The minimum Gasteiger partial charge on any atom is -0.300 e. The van der Waals surface area contributed by atoms with Crippen LogP contribution in [-0.4, -0.2) is 42.5 Å². The maximum absolute atomic E-state index is 8.56. The minimum atomic E-state index is 0.657. The number of nitriles is 1. The summed E-state index contributed by atoms with van der Waals surface area (Å²) in [7, 11) is 0. The summed E-state index contributed by atoms with van der Waals surface area (Å²) >= 11 is 1.86. The number of piperazine rings is 1. The molecule has 1 aliphatic heterocycles. The van der Waals surface area contributed by atoms with Crippen LogP contribution >= 0.6 is 11.3 Å². The van der Waals surface area contributed by atoms with Gasteiger partial charge in [-0.05, 0) is 23.9 Å². The van der Waals surface area contributed by atoms with Crippen LogP contribution in [-0.2, 0) is 6.54 Å². The van der Waals surface area contributed by atoms with E-state index in [2.05, 4.69) is 34.2 Å². The Kier molecular flexibility index (Phi) is 4.55. The van der Waals surface area contributed by atoms with Gasteiger partial charge in [-0.3, -0.25) is 9.80 Å². The first-order valence-electron chi connectivity index (χ1n) is 6.14. The summed E-state index contributed by atoms with van der Waals surface area (Å²) in [5, 5.41) is 10.7. The molecule has 0 atom stereocenters. The van der Waals surface area contributed by atoms with E-state index in [1.54, 1.807) is 0 Å². The molecule has 0 aromatic carbocycles. The molecular formula is C13H19N3S. The molecule has 4 heteroatoms. The lowest BCUT2D eigenvalue weighted by Gasteiger charge is -2.34. The van der Waals surface area contributed by atoms with Gasteiger partial charge in [0, 0.05) is 50.6 Å². The third-order valence-corrected chi connectivity index (χ3v) is 4.35. The molecule has 2 heterocycles. The van der Waals surface area contributed by atoms with Gasteiger partial charge in [0.25, 0.3) is 0 Å². The molecule has 0 N–H and O–H groups in total. The average Bonchev–Trinajstić information content (AvgIpc) is 2.74. The lowest BCUT2D eigenvalue weighted by atomic mass is 10.2. The van der Waals surface area contributed by atoms with Crippen LogP contribution in [0, 0.1) is 18.3 Å². The number of rotatable bonds is 4. The van der Waals surface area contributed by atoms with Crippen molar-refractivity contribution in [2.75, 3.05) is 32.7 Å². The maximum Gasteiger partial charge on any atom is 0.0635 e. The van der Waals surface area contributed by atoms with E-state index in [-0.39, 0.29) is 0 Å². The fraction of sp³-hybridized carbons (Fsp3) is 0.615. The van der Waals surface area contributed by atoms with Crippen LogP contribution in [0.3, 0.4) is 0 Å². The lowest BCUT2D eigenvalue weighted by molar-refractivity contribution is 0.130. The van der Waals surface area contributed by atoms with Crippen molar-refractivity contribution in [2.45, 2.75) is 19.9 Å². The van der Waals surface area contributed by atoms with Gasteiger partial charge in [0.2, 0.25) is 0 Å². The SMILES string of the molecule is Cc1ccsc1CN1CCN(CCC#N)CC1. The van der Waals surface area contributed by atoms with E-state index in [0.717, 1.165) is 39.3 Å². The largest absolute Gasteiger partial charge is 0.300 e. The molecule has 2 rings (SSSR count). The van der Waals surface area contributed by atoms with E-state index in [0.29, 0.717) is 6.42 Å². The maximum atomic E-state index is 8.56. The number of nitrogens with zero attached hydrogens (tertiary/aromatic N) is 3. The second kappa shape index (κ2) is 6.15. The summed E-state index contributed by atoms with van der Waals surface area (Å²) in [6.45, 7) is 8.68. The molecule has 1 saturated heterocycles. The first kappa shape index (κ1) is 12.6. The van der Waals surface area contributed by atoms with E-state index < -0.39 is 0 Å². The predicted molar refractivity (Wildman–Crippen MR) is 71.0 cm³/mol. The third kappa shape index (κ3) is 3.53. The van der Waals surface area contributed by atoms with Gasteiger partial charge in [-0.2, -0.15) is 5.26 Å². The van der Waals surface area contributed by atoms with Crippen molar-refractivity contribution >= 4 is 11.3 Å². The second-order valence-electron chi connectivity index (χ2n) is 4.55. The molecule has 0 amide bonds. The molecule has 0 bridgehead atoms. The van der Waals surface area contributed by atoms with E-state index in [1.165, 1.54) is 10.4 Å². The van der Waals surface area contributed by atoms with Crippen molar-refractivity contribution in [1.29, 1.82) is 5.26 Å². The van der Waals surface area contributed by atoms with Gasteiger partial charge in [-0.15, -0.1) is 11.3 Å². The van der Waals surface area contributed by atoms with Gasteiger partial charge in [-0.1, -0.05) is 0 Å². The Morgan fingerprint density at radius 1 is 1.29 bits per heavy atom. The summed E-state index contributed by atoms with van der Waals surface area (Å²) < 4.78 is 0.